The van der Waals surface area contributed by atoms with Crippen molar-refractivity contribution in [2.75, 3.05) is 6.54 Å². The normalized spacial score (nSPS) is 10.9. The van der Waals surface area contributed by atoms with Crippen molar-refractivity contribution in [2.45, 2.75) is 19.3 Å². The summed E-state index contributed by atoms with van der Waals surface area (Å²) in [5, 5.41) is 2.47. The summed E-state index contributed by atoms with van der Waals surface area (Å²) in [6.45, 7) is 0.745. The fourth-order valence-electron chi connectivity index (χ4n) is 3.36. The van der Waals surface area contributed by atoms with Gasteiger partial charge in [0.15, 0.2) is 0 Å². The molecule has 0 bridgehead atoms. The maximum atomic E-state index is 5.67. The van der Waals surface area contributed by atoms with Crippen molar-refractivity contribution in [3.8, 4) is 11.3 Å². The lowest BCUT2D eigenvalue weighted by Crippen LogP contribution is -1.99. The summed E-state index contributed by atoms with van der Waals surface area (Å²) >= 11 is 0. The number of halogens is 1. The number of hydrogen-bond acceptors (Lipinski definition) is 2. The summed E-state index contributed by atoms with van der Waals surface area (Å²) in [6.07, 6.45) is 5.16. The van der Waals surface area contributed by atoms with Crippen LogP contribution in [-0.2, 0) is 6.42 Å². The molecule has 0 aliphatic heterocycles. The third kappa shape index (κ3) is 3.39. The quantitative estimate of drug-likeness (QED) is 0.492. The third-order valence-electron chi connectivity index (χ3n) is 4.57. The number of aromatic nitrogens is 2. The lowest BCUT2D eigenvalue weighted by atomic mass is 10.0. The average molecular weight is 352 g/mol. The summed E-state index contributed by atoms with van der Waals surface area (Å²) < 4.78 is 0. The van der Waals surface area contributed by atoms with Crippen LogP contribution in [0.5, 0.6) is 0 Å². The van der Waals surface area contributed by atoms with Crippen LogP contribution in [0.1, 0.15) is 18.4 Å². The number of unbranched alkanes of at least 4 members (excludes halogenated alkanes) is 1. The van der Waals surface area contributed by atoms with E-state index in [1.165, 1.54) is 27.5 Å². The van der Waals surface area contributed by atoms with Gasteiger partial charge < -0.3 is 10.7 Å². The van der Waals surface area contributed by atoms with Crippen molar-refractivity contribution in [3.05, 3.63) is 66.4 Å². The van der Waals surface area contributed by atoms with Gasteiger partial charge >= 0.3 is 0 Å². The van der Waals surface area contributed by atoms with E-state index >= 15 is 0 Å². The molecule has 0 saturated heterocycles. The van der Waals surface area contributed by atoms with Crippen LogP contribution in [0.4, 0.5) is 0 Å². The molecule has 0 atom stereocenters. The van der Waals surface area contributed by atoms with Crippen molar-refractivity contribution in [3.63, 3.8) is 0 Å². The number of nitrogens with two attached hydrogens (primary N) is 1. The van der Waals surface area contributed by atoms with Gasteiger partial charge in [-0.05, 0) is 49.6 Å². The van der Waals surface area contributed by atoms with E-state index in [2.05, 4.69) is 52.4 Å². The topological polar surface area (TPSA) is 54.7 Å². The maximum Gasteiger partial charge on any atom is 0.0702 e. The Morgan fingerprint density at radius 1 is 0.960 bits per heavy atom. The van der Waals surface area contributed by atoms with Crippen LogP contribution in [0.25, 0.3) is 33.1 Å². The third-order valence-corrected chi connectivity index (χ3v) is 4.57. The molecule has 4 rings (SSSR count). The second-order valence-corrected chi connectivity index (χ2v) is 6.19. The minimum atomic E-state index is 0. The highest BCUT2D eigenvalue weighted by molar-refractivity contribution is 5.92. The highest BCUT2D eigenvalue weighted by Gasteiger charge is 2.13. The van der Waals surface area contributed by atoms with E-state index in [1.807, 2.05) is 18.3 Å². The van der Waals surface area contributed by atoms with E-state index in [1.54, 1.807) is 0 Å². The van der Waals surface area contributed by atoms with Crippen LogP contribution < -0.4 is 5.73 Å². The van der Waals surface area contributed by atoms with Gasteiger partial charge in [0.1, 0.15) is 0 Å². The lowest BCUT2D eigenvalue weighted by Gasteiger charge is -2.06. The fourth-order valence-corrected chi connectivity index (χ4v) is 3.36. The predicted octanol–water partition coefficient (Wildman–Crippen LogP) is 5.09. The molecule has 0 amide bonds. The Kier molecular flexibility index (Phi) is 5.37. The molecule has 0 spiro atoms. The number of benzene rings is 2. The number of nitrogens with one attached hydrogen (secondary N) is 1. The summed E-state index contributed by atoms with van der Waals surface area (Å²) in [7, 11) is 0. The van der Waals surface area contributed by atoms with Gasteiger partial charge in [0.05, 0.1) is 11.2 Å². The second kappa shape index (κ2) is 7.68. The number of pyridine rings is 1. The van der Waals surface area contributed by atoms with E-state index < -0.39 is 0 Å². The number of para-hydroxylation sites is 2. The fraction of sp³-hybridized carbons (Fsp3) is 0.190. The van der Waals surface area contributed by atoms with E-state index in [0.29, 0.717) is 0 Å². The molecular weight excluding hydrogens is 330 g/mol. The van der Waals surface area contributed by atoms with Crippen LogP contribution in [0.3, 0.4) is 0 Å². The van der Waals surface area contributed by atoms with Crippen LogP contribution in [0.2, 0.25) is 0 Å². The highest BCUT2D eigenvalue weighted by Crippen LogP contribution is 2.32. The van der Waals surface area contributed by atoms with Crippen molar-refractivity contribution >= 4 is 34.2 Å². The molecule has 0 radical (unpaired) electrons. The number of fused-ring (bicyclic) bond motifs is 2. The van der Waals surface area contributed by atoms with Gasteiger partial charge in [-0.25, -0.2) is 0 Å². The molecule has 0 aliphatic carbocycles. The van der Waals surface area contributed by atoms with Gasteiger partial charge in [-0.1, -0.05) is 36.4 Å². The molecule has 2 heterocycles. The Hall–Kier alpha value is -2.36. The molecule has 4 aromatic rings. The zero-order valence-electron chi connectivity index (χ0n) is 14.0. The van der Waals surface area contributed by atoms with Crippen molar-refractivity contribution in [2.24, 2.45) is 5.73 Å². The molecule has 0 unspecified atom stereocenters. The first-order chi connectivity index (χ1) is 11.9. The molecule has 0 aliphatic rings. The maximum absolute atomic E-state index is 5.67. The van der Waals surface area contributed by atoms with Crippen molar-refractivity contribution < 1.29 is 0 Å². The Bertz CT molecular complexity index is 991. The van der Waals surface area contributed by atoms with E-state index in [9.17, 15) is 0 Å². The van der Waals surface area contributed by atoms with Crippen LogP contribution in [-0.4, -0.2) is 16.5 Å². The summed E-state index contributed by atoms with van der Waals surface area (Å²) in [5.74, 6) is 0. The molecule has 3 N–H and O–H groups in total. The van der Waals surface area contributed by atoms with Gasteiger partial charge in [-0.15, -0.1) is 12.4 Å². The molecule has 2 aromatic heterocycles. The minimum absolute atomic E-state index is 0. The smallest absolute Gasteiger partial charge is 0.0702 e. The number of aromatic amines is 1. The van der Waals surface area contributed by atoms with Crippen LogP contribution >= 0.6 is 12.4 Å². The first kappa shape index (κ1) is 17.5. The molecule has 3 nitrogen and oxygen atoms in total. The summed E-state index contributed by atoms with van der Waals surface area (Å²) in [6, 6.07) is 19.0. The van der Waals surface area contributed by atoms with Gasteiger partial charge in [-0.2, -0.15) is 0 Å². The number of nitrogens with zero attached hydrogens (tertiary/aromatic N) is 1. The van der Waals surface area contributed by atoms with Gasteiger partial charge in [-0.3, -0.25) is 4.98 Å². The minimum Gasteiger partial charge on any atom is -0.354 e. The van der Waals surface area contributed by atoms with E-state index in [4.69, 9.17) is 5.73 Å². The number of aryl methyl sites for hydroxylation is 1. The average Bonchev–Trinajstić information content (AvgIpc) is 3.00. The molecule has 2 aromatic carbocycles. The van der Waals surface area contributed by atoms with E-state index in [-0.39, 0.29) is 12.4 Å². The SMILES string of the molecule is Cl.NCCCCc1c(-c2cnc3ccccc3c2)[nH]c2ccccc12. The van der Waals surface area contributed by atoms with Crippen LogP contribution in [0.15, 0.2) is 60.8 Å². The van der Waals surface area contributed by atoms with Gasteiger partial charge in [0.2, 0.25) is 0 Å². The van der Waals surface area contributed by atoms with Gasteiger partial charge in [0, 0.05) is 28.0 Å². The van der Waals surface area contributed by atoms with Crippen molar-refractivity contribution in [1.82, 2.24) is 9.97 Å². The number of hydrogen-bond donors (Lipinski definition) is 2. The van der Waals surface area contributed by atoms with Crippen LogP contribution in [0, 0.1) is 0 Å². The van der Waals surface area contributed by atoms with Gasteiger partial charge in [0.25, 0.3) is 0 Å². The monoisotopic (exact) mass is 351 g/mol. The predicted molar refractivity (Wildman–Crippen MR) is 108 cm³/mol. The first-order valence-corrected chi connectivity index (χ1v) is 8.51. The Labute approximate surface area is 153 Å². The second-order valence-electron chi connectivity index (χ2n) is 6.19. The molecular formula is C21H22ClN3. The summed E-state index contributed by atoms with van der Waals surface area (Å²) in [4.78, 5) is 8.23. The lowest BCUT2D eigenvalue weighted by molar-refractivity contribution is 0.748. The largest absolute Gasteiger partial charge is 0.354 e. The summed E-state index contributed by atoms with van der Waals surface area (Å²) in [5.41, 5.74) is 11.6. The molecule has 0 saturated carbocycles. The van der Waals surface area contributed by atoms with Crippen molar-refractivity contribution in [1.29, 1.82) is 0 Å². The molecule has 25 heavy (non-hydrogen) atoms. The highest BCUT2D eigenvalue weighted by atomic mass is 35.5. The zero-order valence-corrected chi connectivity index (χ0v) is 14.9. The molecule has 0 fully saturated rings. The Morgan fingerprint density at radius 2 is 1.76 bits per heavy atom. The number of rotatable bonds is 5. The standard InChI is InChI=1S/C21H21N3.ClH/c22-12-6-5-9-18-17-8-2-4-11-20(17)24-21(18)16-13-15-7-1-3-10-19(15)23-14-16;/h1-4,7-8,10-11,13-14,24H,5-6,9,12,22H2;1H. The first-order valence-electron chi connectivity index (χ1n) is 8.51. The Balaban J connectivity index is 0.00000182. The zero-order chi connectivity index (χ0) is 16.4. The van der Waals surface area contributed by atoms with E-state index in [0.717, 1.165) is 36.9 Å². The molecule has 4 heteroatoms. The Morgan fingerprint density at radius 3 is 2.64 bits per heavy atom. The number of H-pyrrole nitrogens is 1. The molecule has 128 valence electrons.